The molecule has 1 fully saturated rings. The van der Waals surface area contributed by atoms with E-state index in [1.54, 1.807) is 0 Å². The lowest BCUT2D eigenvalue weighted by molar-refractivity contribution is 0.461. The zero-order valence-corrected chi connectivity index (χ0v) is 10.4. The Morgan fingerprint density at radius 1 is 1.21 bits per heavy atom. The van der Waals surface area contributed by atoms with Gasteiger partial charge >= 0.3 is 0 Å². The topological polar surface area (TPSA) is 12.0 Å². The highest BCUT2D eigenvalue weighted by molar-refractivity contribution is 9.10. The van der Waals surface area contributed by atoms with Crippen LogP contribution in [0.5, 0.6) is 0 Å². The van der Waals surface area contributed by atoms with Gasteiger partial charge in [-0.15, -0.1) is 12.4 Å². The van der Waals surface area contributed by atoms with Gasteiger partial charge in [0, 0.05) is 11.0 Å². The average Bonchev–Trinajstić information content (AvgIpc) is 2.20. The molecule has 1 N–H and O–H groups in total. The van der Waals surface area contributed by atoms with Crippen LogP contribution in [0.15, 0.2) is 28.7 Å². The predicted molar refractivity (Wildman–Crippen MR) is 66.2 cm³/mol. The highest BCUT2D eigenvalue weighted by Gasteiger charge is 2.14. The van der Waals surface area contributed by atoms with E-state index < -0.39 is 0 Å². The molecular weight excluding hydrogens is 261 g/mol. The van der Waals surface area contributed by atoms with Crippen LogP contribution in [0, 0.1) is 0 Å². The fraction of sp³-hybridized carbons (Fsp3) is 0.455. The molecule has 0 spiro atoms. The fourth-order valence-corrected chi connectivity index (χ4v) is 2.14. The molecule has 1 saturated heterocycles. The molecule has 0 unspecified atom stereocenters. The van der Waals surface area contributed by atoms with Crippen molar-refractivity contribution >= 4 is 28.3 Å². The van der Waals surface area contributed by atoms with Crippen molar-refractivity contribution in [2.45, 2.75) is 18.8 Å². The van der Waals surface area contributed by atoms with Gasteiger partial charge in [0.1, 0.15) is 0 Å². The van der Waals surface area contributed by atoms with Crippen LogP contribution in [0.3, 0.4) is 0 Å². The first-order valence-electron chi connectivity index (χ1n) is 4.82. The summed E-state index contributed by atoms with van der Waals surface area (Å²) in [7, 11) is 0. The van der Waals surface area contributed by atoms with Crippen LogP contribution in [0.1, 0.15) is 24.3 Å². The number of hydrogen-bond donors (Lipinski definition) is 1. The number of hydrogen-bond acceptors (Lipinski definition) is 1. The fourth-order valence-electron chi connectivity index (χ4n) is 1.87. The lowest BCUT2D eigenvalue weighted by Gasteiger charge is -2.22. The van der Waals surface area contributed by atoms with Crippen LogP contribution in [0.4, 0.5) is 0 Å². The lowest BCUT2D eigenvalue weighted by Crippen LogP contribution is -2.28. The van der Waals surface area contributed by atoms with Crippen LogP contribution in [-0.2, 0) is 0 Å². The number of nitrogens with one attached hydrogen (secondary N) is 1. The monoisotopic (exact) mass is 275 g/mol. The van der Waals surface area contributed by atoms with Gasteiger partial charge in [-0.1, -0.05) is 28.1 Å². The Labute approximate surface area is 99.8 Å². The Hall–Kier alpha value is -0.0500. The van der Waals surface area contributed by atoms with Crippen LogP contribution in [-0.4, -0.2) is 13.1 Å². The van der Waals surface area contributed by atoms with Crippen molar-refractivity contribution in [2.75, 3.05) is 13.1 Å². The van der Waals surface area contributed by atoms with E-state index >= 15 is 0 Å². The van der Waals surface area contributed by atoms with Crippen molar-refractivity contribution in [3.63, 3.8) is 0 Å². The van der Waals surface area contributed by atoms with Crippen LogP contribution in [0.25, 0.3) is 0 Å². The van der Waals surface area contributed by atoms with Gasteiger partial charge in [0.15, 0.2) is 0 Å². The van der Waals surface area contributed by atoms with Gasteiger partial charge in [0.05, 0.1) is 0 Å². The van der Waals surface area contributed by atoms with E-state index in [0.717, 1.165) is 12.5 Å². The maximum Gasteiger partial charge on any atom is 0.0175 e. The molecule has 0 radical (unpaired) electrons. The molecule has 1 aliphatic rings. The number of benzene rings is 1. The van der Waals surface area contributed by atoms with Crippen LogP contribution in [0.2, 0.25) is 0 Å². The summed E-state index contributed by atoms with van der Waals surface area (Å²) in [5.74, 6) is 0.724. The van der Waals surface area contributed by atoms with Crippen molar-refractivity contribution in [3.05, 3.63) is 34.3 Å². The summed E-state index contributed by atoms with van der Waals surface area (Å²) in [4.78, 5) is 0. The highest BCUT2D eigenvalue weighted by Crippen LogP contribution is 2.24. The van der Waals surface area contributed by atoms with Crippen LogP contribution >= 0.6 is 28.3 Å². The Bertz CT molecular complexity index is 267. The zero-order valence-electron chi connectivity index (χ0n) is 8.00. The van der Waals surface area contributed by atoms with E-state index in [0.29, 0.717) is 0 Å². The summed E-state index contributed by atoms with van der Waals surface area (Å²) >= 11 is 3.45. The van der Waals surface area contributed by atoms with E-state index in [2.05, 4.69) is 45.5 Å². The first-order chi connectivity index (χ1) is 6.36. The largest absolute Gasteiger partial charge is 0.316 e. The molecule has 1 heterocycles. The van der Waals surface area contributed by atoms with E-state index in [9.17, 15) is 0 Å². The summed E-state index contributed by atoms with van der Waals surface area (Å²) in [5, 5.41) is 3.44. The van der Waals surface area contributed by atoms with E-state index in [1.807, 2.05) is 0 Å². The minimum atomic E-state index is 0. The molecular formula is C11H15BrClN. The number of halogens is 2. The van der Waals surface area contributed by atoms with Gasteiger partial charge in [-0.05, 0) is 43.0 Å². The molecule has 1 aliphatic heterocycles. The standard InChI is InChI=1S/C11H14BrN.ClH/c12-11-5-3-9(4-6-11)10-2-1-7-13-8-10;/h3-6,10,13H,1-2,7-8H2;1H/t10-;/m0./s1. The van der Waals surface area contributed by atoms with E-state index in [1.165, 1.54) is 29.4 Å². The third-order valence-electron chi connectivity index (χ3n) is 2.64. The molecule has 3 heteroatoms. The van der Waals surface area contributed by atoms with Crippen molar-refractivity contribution < 1.29 is 0 Å². The molecule has 14 heavy (non-hydrogen) atoms. The molecule has 0 bridgehead atoms. The summed E-state index contributed by atoms with van der Waals surface area (Å²) in [6.45, 7) is 2.33. The quantitative estimate of drug-likeness (QED) is 0.829. The molecule has 0 aromatic heterocycles. The summed E-state index contributed by atoms with van der Waals surface area (Å²) < 4.78 is 1.17. The maximum absolute atomic E-state index is 3.45. The first-order valence-corrected chi connectivity index (χ1v) is 5.62. The third kappa shape index (κ3) is 2.97. The SMILES string of the molecule is Brc1ccc([C@H]2CCCNC2)cc1.Cl. The van der Waals surface area contributed by atoms with Gasteiger partial charge in [-0.2, -0.15) is 0 Å². The average molecular weight is 277 g/mol. The van der Waals surface area contributed by atoms with Crippen molar-refractivity contribution in [2.24, 2.45) is 0 Å². The molecule has 0 aliphatic carbocycles. The summed E-state index contributed by atoms with van der Waals surface area (Å²) in [6.07, 6.45) is 2.63. The number of rotatable bonds is 1. The van der Waals surface area contributed by atoms with Gasteiger partial charge in [-0.3, -0.25) is 0 Å². The smallest absolute Gasteiger partial charge is 0.0175 e. The van der Waals surface area contributed by atoms with E-state index in [4.69, 9.17) is 0 Å². The Kier molecular flexibility index (Phi) is 4.93. The second kappa shape index (κ2) is 5.74. The lowest BCUT2D eigenvalue weighted by atomic mass is 9.92. The van der Waals surface area contributed by atoms with E-state index in [-0.39, 0.29) is 12.4 Å². The minimum Gasteiger partial charge on any atom is -0.316 e. The molecule has 1 aromatic carbocycles. The molecule has 0 saturated carbocycles. The normalized spacial score (nSPS) is 21.4. The van der Waals surface area contributed by atoms with Crippen molar-refractivity contribution in [3.8, 4) is 0 Å². The van der Waals surface area contributed by atoms with Gasteiger partial charge in [0.25, 0.3) is 0 Å². The van der Waals surface area contributed by atoms with Gasteiger partial charge in [-0.25, -0.2) is 0 Å². The second-order valence-electron chi connectivity index (χ2n) is 3.59. The van der Waals surface area contributed by atoms with Crippen molar-refractivity contribution in [1.82, 2.24) is 5.32 Å². The van der Waals surface area contributed by atoms with Crippen molar-refractivity contribution in [1.29, 1.82) is 0 Å². The maximum atomic E-state index is 3.45. The Balaban J connectivity index is 0.000000980. The molecule has 2 rings (SSSR count). The second-order valence-corrected chi connectivity index (χ2v) is 4.51. The molecule has 1 aromatic rings. The molecule has 1 nitrogen and oxygen atoms in total. The van der Waals surface area contributed by atoms with Gasteiger partial charge < -0.3 is 5.32 Å². The highest BCUT2D eigenvalue weighted by atomic mass is 79.9. The summed E-state index contributed by atoms with van der Waals surface area (Å²) in [6, 6.07) is 8.71. The molecule has 78 valence electrons. The predicted octanol–water partition coefficient (Wildman–Crippen LogP) is 3.34. The van der Waals surface area contributed by atoms with Crippen LogP contribution < -0.4 is 5.32 Å². The molecule has 0 amide bonds. The van der Waals surface area contributed by atoms with Gasteiger partial charge in [0.2, 0.25) is 0 Å². The Morgan fingerprint density at radius 2 is 1.93 bits per heavy atom. The Morgan fingerprint density at radius 3 is 2.50 bits per heavy atom. The minimum absolute atomic E-state index is 0. The first kappa shape index (κ1) is 12.0. The molecule has 1 atom stereocenters. The summed E-state index contributed by atoms with van der Waals surface area (Å²) in [5.41, 5.74) is 1.47. The number of piperidine rings is 1. The third-order valence-corrected chi connectivity index (χ3v) is 3.17. The zero-order chi connectivity index (χ0) is 9.10.